The molecule has 6 heteroatoms. The van der Waals surface area contributed by atoms with Crippen LogP contribution in [0.4, 0.5) is 13.2 Å². The molecule has 2 rings (SSSR count). The molecular weight excluding hydrogens is 311 g/mol. The minimum Gasteiger partial charge on any atom is -0.406 e. The van der Waals surface area contributed by atoms with E-state index < -0.39 is 6.36 Å². The highest BCUT2D eigenvalue weighted by molar-refractivity contribution is 9.10. The van der Waals surface area contributed by atoms with Crippen LogP contribution in [0.15, 0.2) is 47.1 Å². The lowest BCUT2D eigenvalue weighted by molar-refractivity contribution is -0.274. The third kappa shape index (κ3) is 3.46. The fourth-order valence-electron chi connectivity index (χ4n) is 1.42. The van der Waals surface area contributed by atoms with Crippen molar-refractivity contribution in [1.82, 2.24) is 4.98 Å². The Morgan fingerprint density at radius 1 is 1.06 bits per heavy atom. The number of hydrogen-bond acceptors (Lipinski definition) is 2. The number of aromatic nitrogens is 1. The molecule has 2 nitrogen and oxygen atoms in total. The van der Waals surface area contributed by atoms with E-state index in [1.54, 1.807) is 24.3 Å². The van der Waals surface area contributed by atoms with E-state index in [1.807, 2.05) is 0 Å². The van der Waals surface area contributed by atoms with Crippen molar-refractivity contribution in [3.05, 3.63) is 47.1 Å². The lowest BCUT2D eigenvalue weighted by Gasteiger charge is -2.09. The Kier molecular flexibility index (Phi) is 3.56. The highest BCUT2D eigenvalue weighted by atomic mass is 79.9. The predicted molar refractivity (Wildman–Crippen MR) is 64.1 cm³/mol. The third-order valence-electron chi connectivity index (χ3n) is 2.08. The molecule has 0 bridgehead atoms. The topological polar surface area (TPSA) is 22.1 Å². The van der Waals surface area contributed by atoms with Gasteiger partial charge in [-0.05, 0) is 40.2 Å². The fourth-order valence-corrected chi connectivity index (χ4v) is 1.77. The Hall–Kier alpha value is -1.56. The quantitative estimate of drug-likeness (QED) is 0.765. The number of nitrogens with zero attached hydrogens (tertiary/aromatic N) is 1. The summed E-state index contributed by atoms with van der Waals surface area (Å²) in [6.07, 6.45) is -4.69. The van der Waals surface area contributed by atoms with Gasteiger partial charge in [0.1, 0.15) is 10.4 Å². The monoisotopic (exact) mass is 317 g/mol. The van der Waals surface area contributed by atoms with Gasteiger partial charge in [-0.2, -0.15) is 0 Å². The summed E-state index contributed by atoms with van der Waals surface area (Å²) < 4.78 is 40.8. The summed E-state index contributed by atoms with van der Waals surface area (Å²) in [6, 6.07) is 10.9. The molecule has 0 fully saturated rings. The molecule has 0 aliphatic rings. The van der Waals surface area contributed by atoms with E-state index in [2.05, 4.69) is 25.7 Å². The average Bonchev–Trinajstić information content (AvgIpc) is 2.27. The maximum Gasteiger partial charge on any atom is 0.573 e. The first-order valence-electron chi connectivity index (χ1n) is 4.93. The second-order valence-electron chi connectivity index (χ2n) is 3.42. The van der Waals surface area contributed by atoms with E-state index in [-0.39, 0.29) is 5.75 Å². The van der Waals surface area contributed by atoms with Gasteiger partial charge >= 0.3 is 6.36 Å². The Balaban J connectivity index is 2.33. The van der Waals surface area contributed by atoms with E-state index in [0.29, 0.717) is 15.9 Å². The molecule has 0 unspecified atom stereocenters. The van der Waals surface area contributed by atoms with Crippen molar-refractivity contribution in [2.45, 2.75) is 6.36 Å². The van der Waals surface area contributed by atoms with Gasteiger partial charge in [-0.15, -0.1) is 13.2 Å². The highest BCUT2D eigenvalue weighted by Crippen LogP contribution is 2.27. The van der Waals surface area contributed by atoms with Gasteiger partial charge < -0.3 is 4.74 Å². The number of ether oxygens (including phenoxy) is 1. The molecule has 0 spiro atoms. The number of benzene rings is 1. The van der Waals surface area contributed by atoms with Crippen LogP contribution in [0.2, 0.25) is 0 Å². The molecule has 0 atom stereocenters. The Morgan fingerprint density at radius 3 is 2.44 bits per heavy atom. The van der Waals surface area contributed by atoms with Gasteiger partial charge in [0, 0.05) is 5.56 Å². The molecule has 0 radical (unpaired) electrons. The number of hydrogen-bond donors (Lipinski definition) is 0. The van der Waals surface area contributed by atoms with Gasteiger partial charge in [0.05, 0.1) is 5.69 Å². The summed E-state index contributed by atoms with van der Waals surface area (Å²) in [4.78, 5) is 4.16. The van der Waals surface area contributed by atoms with Crippen molar-refractivity contribution in [2.75, 3.05) is 0 Å². The molecule has 0 saturated heterocycles. The van der Waals surface area contributed by atoms with Gasteiger partial charge in [0.25, 0.3) is 0 Å². The lowest BCUT2D eigenvalue weighted by Crippen LogP contribution is -2.17. The van der Waals surface area contributed by atoms with Crippen LogP contribution in [0.5, 0.6) is 5.75 Å². The predicted octanol–water partition coefficient (Wildman–Crippen LogP) is 4.41. The Morgan fingerprint density at radius 2 is 1.78 bits per heavy atom. The Bertz CT molecular complexity index is 557. The zero-order valence-corrected chi connectivity index (χ0v) is 10.5. The van der Waals surface area contributed by atoms with Crippen LogP contribution in [0, 0.1) is 0 Å². The normalized spacial score (nSPS) is 11.3. The standard InChI is InChI=1S/C12H7BrF3NO/c13-11-6-2-5-10(17-11)8-3-1-4-9(7-8)18-12(14,15)16/h1-7H. The largest absolute Gasteiger partial charge is 0.573 e. The zero-order chi connectivity index (χ0) is 13.2. The van der Waals surface area contributed by atoms with Crippen LogP contribution >= 0.6 is 15.9 Å². The van der Waals surface area contributed by atoms with Crippen molar-refractivity contribution < 1.29 is 17.9 Å². The second-order valence-corrected chi connectivity index (χ2v) is 4.23. The van der Waals surface area contributed by atoms with Crippen LogP contribution < -0.4 is 4.74 Å². The highest BCUT2D eigenvalue weighted by Gasteiger charge is 2.31. The molecule has 0 amide bonds. The molecule has 18 heavy (non-hydrogen) atoms. The van der Waals surface area contributed by atoms with E-state index in [9.17, 15) is 13.2 Å². The summed E-state index contributed by atoms with van der Waals surface area (Å²) in [5.41, 5.74) is 1.12. The molecular formula is C12H7BrF3NO. The van der Waals surface area contributed by atoms with Crippen molar-refractivity contribution >= 4 is 15.9 Å². The molecule has 0 aliphatic heterocycles. The molecule has 0 N–H and O–H groups in total. The zero-order valence-electron chi connectivity index (χ0n) is 8.91. The van der Waals surface area contributed by atoms with Crippen LogP contribution in [-0.4, -0.2) is 11.3 Å². The van der Waals surface area contributed by atoms with Crippen molar-refractivity contribution in [2.24, 2.45) is 0 Å². The van der Waals surface area contributed by atoms with Crippen molar-refractivity contribution in [3.63, 3.8) is 0 Å². The van der Waals surface area contributed by atoms with Crippen LogP contribution in [0.1, 0.15) is 0 Å². The lowest BCUT2D eigenvalue weighted by atomic mass is 10.1. The third-order valence-corrected chi connectivity index (χ3v) is 2.52. The Labute approximate surface area is 110 Å². The molecule has 1 aromatic carbocycles. The van der Waals surface area contributed by atoms with Crippen LogP contribution in [0.3, 0.4) is 0 Å². The number of pyridine rings is 1. The van der Waals surface area contributed by atoms with Gasteiger partial charge in [-0.1, -0.05) is 18.2 Å². The summed E-state index contributed by atoms with van der Waals surface area (Å²) in [5, 5.41) is 0. The average molecular weight is 318 g/mol. The van der Waals surface area contributed by atoms with E-state index in [1.165, 1.54) is 18.2 Å². The van der Waals surface area contributed by atoms with Gasteiger partial charge in [-0.3, -0.25) is 0 Å². The maximum absolute atomic E-state index is 12.1. The number of halogens is 4. The summed E-state index contributed by atoms with van der Waals surface area (Å²) in [5.74, 6) is -0.262. The number of alkyl halides is 3. The van der Waals surface area contributed by atoms with Gasteiger partial charge in [-0.25, -0.2) is 4.98 Å². The summed E-state index contributed by atoms with van der Waals surface area (Å²) in [7, 11) is 0. The maximum atomic E-state index is 12.1. The number of rotatable bonds is 2. The van der Waals surface area contributed by atoms with E-state index >= 15 is 0 Å². The molecule has 0 saturated carbocycles. The smallest absolute Gasteiger partial charge is 0.406 e. The first-order valence-corrected chi connectivity index (χ1v) is 5.72. The van der Waals surface area contributed by atoms with Crippen LogP contribution in [-0.2, 0) is 0 Å². The minimum absolute atomic E-state index is 0.262. The molecule has 2 aromatic rings. The van der Waals surface area contributed by atoms with Gasteiger partial charge in [0.2, 0.25) is 0 Å². The second kappa shape index (κ2) is 4.97. The van der Waals surface area contributed by atoms with Crippen LogP contribution in [0.25, 0.3) is 11.3 Å². The van der Waals surface area contributed by atoms with Gasteiger partial charge in [0.15, 0.2) is 0 Å². The fraction of sp³-hybridized carbons (Fsp3) is 0.0833. The molecule has 1 aromatic heterocycles. The summed E-state index contributed by atoms with van der Waals surface area (Å²) in [6.45, 7) is 0. The van der Waals surface area contributed by atoms with Crippen molar-refractivity contribution in [1.29, 1.82) is 0 Å². The first-order chi connectivity index (χ1) is 8.44. The van der Waals surface area contributed by atoms with E-state index in [0.717, 1.165) is 0 Å². The van der Waals surface area contributed by atoms with E-state index in [4.69, 9.17) is 0 Å². The van der Waals surface area contributed by atoms with Crippen molar-refractivity contribution in [3.8, 4) is 17.0 Å². The SMILES string of the molecule is FC(F)(F)Oc1cccc(-c2cccc(Br)n2)c1. The first kappa shape index (κ1) is 12.9. The minimum atomic E-state index is -4.69. The molecule has 1 heterocycles. The summed E-state index contributed by atoms with van der Waals surface area (Å²) >= 11 is 3.20. The molecule has 0 aliphatic carbocycles. The molecule has 94 valence electrons.